The minimum atomic E-state index is -0.873. The van der Waals surface area contributed by atoms with E-state index in [-0.39, 0.29) is 18.4 Å². The predicted octanol–water partition coefficient (Wildman–Crippen LogP) is 1.73. The Kier molecular flexibility index (Phi) is 5.45. The first-order valence-corrected chi connectivity index (χ1v) is 8.32. The van der Waals surface area contributed by atoms with Crippen LogP contribution in [-0.2, 0) is 9.53 Å². The maximum atomic E-state index is 12.3. The van der Waals surface area contributed by atoms with Crippen molar-refractivity contribution in [2.45, 2.75) is 12.8 Å². The molecule has 0 radical (unpaired) electrons. The van der Waals surface area contributed by atoms with Gasteiger partial charge in [-0.25, -0.2) is 4.98 Å². The van der Waals surface area contributed by atoms with Gasteiger partial charge in [-0.2, -0.15) is 0 Å². The quantitative estimate of drug-likeness (QED) is 0.833. The molecule has 132 valence electrons. The monoisotopic (exact) mass is 343 g/mol. The first kappa shape index (κ1) is 17.2. The molecule has 1 aliphatic rings. The summed E-state index contributed by atoms with van der Waals surface area (Å²) in [4.78, 5) is 27.8. The first-order chi connectivity index (χ1) is 12.1. The standard InChI is InChI=1S/C18H21N3O4/c22-17(14-1-3-15(4-2-14)21-8-7-19-12-21)20-11-16(18(23)24)13-5-9-25-10-6-13/h1-4,7-8,12-13,16H,5-6,9-11H2,(H,20,22)(H,23,24). The zero-order valence-corrected chi connectivity index (χ0v) is 13.8. The van der Waals surface area contributed by atoms with Crippen molar-refractivity contribution in [3.63, 3.8) is 0 Å². The summed E-state index contributed by atoms with van der Waals surface area (Å²) in [5.74, 6) is -1.69. The Labute approximate surface area is 145 Å². The predicted molar refractivity (Wildman–Crippen MR) is 90.6 cm³/mol. The highest BCUT2D eigenvalue weighted by atomic mass is 16.5. The molecule has 0 aliphatic carbocycles. The number of nitrogens with zero attached hydrogens (tertiary/aromatic N) is 2. The Morgan fingerprint density at radius 1 is 1.28 bits per heavy atom. The number of benzene rings is 1. The average molecular weight is 343 g/mol. The maximum Gasteiger partial charge on any atom is 0.308 e. The van der Waals surface area contributed by atoms with Crippen molar-refractivity contribution in [3.8, 4) is 5.69 Å². The van der Waals surface area contributed by atoms with Crippen LogP contribution in [0.3, 0.4) is 0 Å². The second kappa shape index (κ2) is 7.94. The highest BCUT2D eigenvalue weighted by Crippen LogP contribution is 2.24. The second-order valence-electron chi connectivity index (χ2n) is 6.12. The summed E-state index contributed by atoms with van der Waals surface area (Å²) in [6.07, 6.45) is 6.61. The van der Waals surface area contributed by atoms with Crippen molar-refractivity contribution < 1.29 is 19.4 Å². The Morgan fingerprint density at radius 3 is 2.60 bits per heavy atom. The average Bonchev–Trinajstić information content (AvgIpc) is 3.17. The minimum Gasteiger partial charge on any atom is -0.481 e. The number of rotatable bonds is 6. The zero-order valence-electron chi connectivity index (χ0n) is 13.8. The van der Waals surface area contributed by atoms with Crippen LogP contribution in [0.15, 0.2) is 43.0 Å². The summed E-state index contributed by atoms with van der Waals surface area (Å²) in [6.45, 7) is 1.29. The number of carboxylic acid groups (broad SMARTS) is 1. The van der Waals surface area contributed by atoms with Crippen molar-refractivity contribution in [1.29, 1.82) is 0 Å². The van der Waals surface area contributed by atoms with E-state index in [1.165, 1.54) is 0 Å². The molecule has 7 nitrogen and oxygen atoms in total. The molecule has 1 unspecified atom stereocenters. The Balaban J connectivity index is 1.60. The minimum absolute atomic E-state index is 0.0372. The molecular weight excluding hydrogens is 322 g/mol. The molecule has 0 bridgehead atoms. The van der Waals surface area contributed by atoms with Gasteiger partial charge in [0.15, 0.2) is 0 Å². The van der Waals surface area contributed by atoms with Gasteiger partial charge in [0.25, 0.3) is 5.91 Å². The molecule has 2 N–H and O–H groups in total. The van der Waals surface area contributed by atoms with Gasteiger partial charge in [-0.3, -0.25) is 9.59 Å². The van der Waals surface area contributed by atoms with E-state index in [9.17, 15) is 14.7 Å². The number of hydrogen-bond acceptors (Lipinski definition) is 4. The van der Waals surface area contributed by atoms with Crippen LogP contribution >= 0.6 is 0 Å². The van der Waals surface area contributed by atoms with Crippen molar-refractivity contribution in [2.75, 3.05) is 19.8 Å². The summed E-state index contributed by atoms with van der Waals surface area (Å²) in [5, 5.41) is 12.2. The Morgan fingerprint density at radius 2 is 2.00 bits per heavy atom. The van der Waals surface area contributed by atoms with Crippen LogP contribution in [0.25, 0.3) is 5.69 Å². The highest BCUT2D eigenvalue weighted by Gasteiger charge is 2.30. The van der Waals surface area contributed by atoms with Gasteiger partial charge in [0, 0.05) is 43.4 Å². The fraction of sp³-hybridized carbons (Fsp3) is 0.389. The molecule has 25 heavy (non-hydrogen) atoms. The first-order valence-electron chi connectivity index (χ1n) is 8.32. The van der Waals surface area contributed by atoms with E-state index in [4.69, 9.17) is 4.74 Å². The van der Waals surface area contributed by atoms with Gasteiger partial charge in [-0.1, -0.05) is 0 Å². The summed E-state index contributed by atoms with van der Waals surface area (Å²) >= 11 is 0. The summed E-state index contributed by atoms with van der Waals surface area (Å²) < 4.78 is 7.12. The number of hydrogen-bond donors (Lipinski definition) is 2. The molecule has 7 heteroatoms. The van der Waals surface area contributed by atoms with E-state index in [0.29, 0.717) is 31.6 Å². The number of ether oxygens (including phenoxy) is 1. The van der Waals surface area contributed by atoms with Gasteiger partial charge in [0.1, 0.15) is 0 Å². The van der Waals surface area contributed by atoms with E-state index in [2.05, 4.69) is 10.3 Å². The van der Waals surface area contributed by atoms with Crippen LogP contribution in [0, 0.1) is 11.8 Å². The molecule has 2 aromatic rings. The number of carbonyl (C=O) groups excluding carboxylic acids is 1. The lowest BCUT2D eigenvalue weighted by atomic mass is 9.86. The van der Waals surface area contributed by atoms with Crippen LogP contribution in [0.4, 0.5) is 0 Å². The van der Waals surface area contributed by atoms with Crippen LogP contribution in [0.1, 0.15) is 23.2 Å². The fourth-order valence-electron chi connectivity index (χ4n) is 3.08. The van der Waals surface area contributed by atoms with Gasteiger partial charge < -0.3 is 19.7 Å². The van der Waals surface area contributed by atoms with Gasteiger partial charge in [-0.05, 0) is 43.0 Å². The molecule has 0 spiro atoms. The van der Waals surface area contributed by atoms with Gasteiger partial charge in [0.2, 0.25) is 0 Å². The molecule has 1 fully saturated rings. The van der Waals surface area contributed by atoms with Crippen molar-refractivity contribution in [3.05, 3.63) is 48.5 Å². The van der Waals surface area contributed by atoms with E-state index in [1.54, 1.807) is 24.7 Å². The molecule has 3 rings (SSSR count). The largest absolute Gasteiger partial charge is 0.481 e. The molecule has 1 atom stereocenters. The van der Waals surface area contributed by atoms with Crippen molar-refractivity contribution in [1.82, 2.24) is 14.9 Å². The molecular formula is C18H21N3O4. The molecule has 1 aromatic carbocycles. The van der Waals surface area contributed by atoms with Crippen molar-refractivity contribution >= 4 is 11.9 Å². The smallest absolute Gasteiger partial charge is 0.308 e. The number of amides is 1. The van der Waals surface area contributed by atoms with E-state index < -0.39 is 11.9 Å². The SMILES string of the molecule is O=C(NCC(C(=O)O)C1CCOCC1)c1ccc(-n2ccnc2)cc1. The third-order valence-electron chi connectivity index (χ3n) is 4.57. The molecule has 1 amide bonds. The number of aromatic nitrogens is 2. The van der Waals surface area contributed by atoms with Crippen LogP contribution in [0.5, 0.6) is 0 Å². The highest BCUT2D eigenvalue weighted by molar-refractivity contribution is 5.94. The topological polar surface area (TPSA) is 93.5 Å². The Bertz CT molecular complexity index is 706. The van der Waals surface area contributed by atoms with Gasteiger partial charge in [0.05, 0.1) is 12.2 Å². The van der Waals surface area contributed by atoms with Crippen molar-refractivity contribution in [2.24, 2.45) is 11.8 Å². The number of nitrogens with one attached hydrogen (secondary N) is 1. The second-order valence-corrected chi connectivity index (χ2v) is 6.12. The maximum absolute atomic E-state index is 12.3. The van der Waals surface area contributed by atoms with Gasteiger partial charge >= 0.3 is 5.97 Å². The lowest BCUT2D eigenvalue weighted by Crippen LogP contribution is -2.39. The Hall–Kier alpha value is -2.67. The summed E-state index contributed by atoms with van der Waals surface area (Å²) in [7, 11) is 0. The number of aliphatic carboxylic acids is 1. The van der Waals surface area contributed by atoms with Crippen LogP contribution in [0.2, 0.25) is 0 Å². The van der Waals surface area contributed by atoms with Crippen LogP contribution in [-0.4, -0.2) is 46.3 Å². The normalized spacial score (nSPS) is 16.3. The van der Waals surface area contributed by atoms with Gasteiger partial charge in [-0.15, -0.1) is 0 Å². The zero-order chi connectivity index (χ0) is 17.6. The molecule has 2 heterocycles. The molecule has 0 saturated carbocycles. The summed E-state index contributed by atoms with van der Waals surface area (Å²) in [6, 6.07) is 7.08. The molecule has 1 aromatic heterocycles. The number of carboxylic acids is 1. The number of imidazole rings is 1. The molecule has 1 aliphatic heterocycles. The fourth-order valence-corrected chi connectivity index (χ4v) is 3.08. The lowest BCUT2D eigenvalue weighted by molar-refractivity contribution is -0.144. The molecule has 1 saturated heterocycles. The number of carbonyl (C=O) groups is 2. The lowest BCUT2D eigenvalue weighted by Gasteiger charge is -2.27. The van der Waals surface area contributed by atoms with Crippen LogP contribution < -0.4 is 5.32 Å². The van der Waals surface area contributed by atoms with E-state index in [1.807, 2.05) is 22.9 Å². The van der Waals surface area contributed by atoms with E-state index >= 15 is 0 Å². The summed E-state index contributed by atoms with van der Waals surface area (Å²) in [5.41, 5.74) is 1.40. The third kappa shape index (κ3) is 4.24. The van der Waals surface area contributed by atoms with E-state index in [0.717, 1.165) is 5.69 Å². The third-order valence-corrected chi connectivity index (χ3v) is 4.57.